The first-order valence-corrected chi connectivity index (χ1v) is 23.6. The van der Waals surface area contributed by atoms with Gasteiger partial charge in [-0.05, 0) is 99.6 Å². The van der Waals surface area contributed by atoms with Crippen molar-refractivity contribution < 1.29 is 4.42 Å². The van der Waals surface area contributed by atoms with Crippen molar-refractivity contribution in [3.05, 3.63) is 267 Å². The Hall–Kier alpha value is -9.18. The first kappa shape index (κ1) is 40.1. The minimum Gasteiger partial charge on any atom is -0.455 e. The SMILES string of the molecule is c1ccc(-c2cccc(-c3ccccc3N(c3ccc(-c4ccc(-c5ccccc5)cc4-n4c5ccccc5c5ccccc54)cc3)c3ccc(-c4cccc5c4oc4ccccc45)cc3)c2)cc1. The van der Waals surface area contributed by atoms with Crippen LogP contribution in [0.25, 0.3) is 105 Å². The van der Waals surface area contributed by atoms with E-state index in [0.29, 0.717) is 0 Å². The molecule has 2 heterocycles. The second kappa shape index (κ2) is 16.9. The second-order valence-corrected chi connectivity index (χ2v) is 17.6. The summed E-state index contributed by atoms with van der Waals surface area (Å²) in [5.41, 5.74) is 20.0. The summed E-state index contributed by atoms with van der Waals surface area (Å²) >= 11 is 0. The summed E-state index contributed by atoms with van der Waals surface area (Å²) in [6.07, 6.45) is 0. The number of aromatic nitrogens is 1. The third-order valence-corrected chi connectivity index (χ3v) is 13.6. The van der Waals surface area contributed by atoms with E-state index in [2.05, 4.69) is 264 Å². The van der Waals surface area contributed by atoms with Crippen LogP contribution in [0.3, 0.4) is 0 Å². The minimum atomic E-state index is 0.897. The Labute approximate surface area is 401 Å². The van der Waals surface area contributed by atoms with Crippen LogP contribution in [0, 0.1) is 0 Å². The molecule has 0 aliphatic heterocycles. The van der Waals surface area contributed by atoms with Crippen molar-refractivity contribution in [3.8, 4) is 61.3 Å². The number of nitrogens with zero attached hydrogens (tertiary/aromatic N) is 2. The number of fused-ring (bicyclic) bond motifs is 6. The average molecular weight is 881 g/mol. The van der Waals surface area contributed by atoms with Crippen molar-refractivity contribution in [1.29, 1.82) is 0 Å². The van der Waals surface area contributed by atoms with E-state index in [1.807, 2.05) is 12.1 Å². The van der Waals surface area contributed by atoms with E-state index in [-0.39, 0.29) is 0 Å². The number of anilines is 3. The average Bonchev–Trinajstić information content (AvgIpc) is 3.98. The Morgan fingerprint density at radius 1 is 0.290 bits per heavy atom. The number of benzene rings is 11. The van der Waals surface area contributed by atoms with Crippen molar-refractivity contribution in [2.75, 3.05) is 4.90 Å². The predicted octanol–water partition coefficient (Wildman–Crippen LogP) is 18.5. The van der Waals surface area contributed by atoms with Gasteiger partial charge in [0.25, 0.3) is 0 Å². The molecule has 0 aliphatic carbocycles. The van der Waals surface area contributed by atoms with Crippen molar-refractivity contribution in [3.63, 3.8) is 0 Å². The molecule has 0 fully saturated rings. The molecule has 0 radical (unpaired) electrons. The summed E-state index contributed by atoms with van der Waals surface area (Å²) in [6, 6.07) is 96.1. The summed E-state index contributed by atoms with van der Waals surface area (Å²) in [5, 5.41) is 4.73. The van der Waals surface area contributed by atoms with Gasteiger partial charge in [0.05, 0.1) is 22.4 Å². The normalized spacial score (nSPS) is 11.5. The van der Waals surface area contributed by atoms with Crippen LogP contribution in [0.5, 0.6) is 0 Å². The molecule has 2 aromatic heterocycles. The molecular formula is C66H44N2O. The highest BCUT2D eigenvalue weighted by molar-refractivity contribution is 6.11. The first-order chi connectivity index (χ1) is 34.2. The highest BCUT2D eigenvalue weighted by Crippen LogP contribution is 2.45. The van der Waals surface area contributed by atoms with Gasteiger partial charge in [-0.25, -0.2) is 0 Å². The number of hydrogen-bond donors (Lipinski definition) is 0. The van der Waals surface area contributed by atoms with Gasteiger partial charge in [-0.15, -0.1) is 0 Å². The van der Waals surface area contributed by atoms with Gasteiger partial charge in [-0.2, -0.15) is 0 Å². The van der Waals surface area contributed by atoms with E-state index in [4.69, 9.17) is 4.42 Å². The molecule has 0 saturated heterocycles. The lowest BCUT2D eigenvalue weighted by atomic mass is 9.96. The number of para-hydroxylation sites is 5. The van der Waals surface area contributed by atoms with Crippen molar-refractivity contribution in [2.45, 2.75) is 0 Å². The quantitative estimate of drug-likeness (QED) is 0.144. The van der Waals surface area contributed by atoms with E-state index < -0.39 is 0 Å². The minimum absolute atomic E-state index is 0.897. The van der Waals surface area contributed by atoms with E-state index in [0.717, 1.165) is 78.1 Å². The van der Waals surface area contributed by atoms with Gasteiger partial charge in [-0.3, -0.25) is 0 Å². The first-order valence-electron chi connectivity index (χ1n) is 23.6. The van der Waals surface area contributed by atoms with Gasteiger partial charge in [0.1, 0.15) is 11.2 Å². The molecular weight excluding hydrogens is 837 g/mol. The molecule has 0 bridgehead atoms. The number of rotatable bonds is 9. The van der Waals surface area contributed by atoms with Crippen LogP contribution in [-0.2, 0) is 0 Å². The van der Waals surface area contributed by atoms with Crippen LogP contribution < -0.4 is 4.90 Å². The van der Waals surface area contributed by atoms with Gasteiger partial charge in [0.15, 0.2) is 0 Å². The lowest BCUT2D eigenvalue weighted by Gasteiger charge is -2.28. The molecule has 0 saturated carbocycles. The molecule has 13 aromatic rings. The molecule has 324 valence electrons. The number of furan rings is 1. The number of hydrogen-bond acceptors (Lipinski definition) is 2. The highest BCUT2D eigenvalue weighted by Gasteiger charge is 2.21. The third kappa shape index (κ3) is 7.08. The van der Waals surface area contributed by atoms with Crippen LogP contribution in [0.4, 0.5) is 17.1 Å². The fraction of sp³-hybridized carbons (Fsp3) is 0. The summed E-state index contributed by atoms with van der Waals surface area (Å²) < 4.78 is 8.94. The van der Waals surface area contributed by atoms with Gasteiger partial charge in [0, 0.05) is 49.6 Å². The van der Waals surface area contributed by atoms with E-state index in [1.165, 1.54) is 44.1 Å². The topological polar surface area (TPSA) is 21.3 Å². The van der Waals surface area contributed by atoms with E-state index in [9.17, 15) is 0 Å². The van der Waals surface area contributed by atoms with Crippen molar-refractivity contribution in [1.82, 2.24) is 4.57 Å². The summed E-state index contributed by atoms with van der Waals surface area (Å²) in [6.45, 7) is 0. The van der Waals surface area contributed by atoms with E-state index in [1.54, 1.807) is 0 Å². The molecule has 13 rings (SSSR count). The summed E-state index contributed by atoms with van der Waals surface area (Å²) in [5.74, 6) is 0. The Kier molecular flexibility index (Phi) is 9.84. The Balaban J connectivity index is 0.964. The van der Waals surface area contributed by atoms with Crippen LogP contribution in [0.1, 0.15) is 0 Å². The molecule has 0 amide bonds. The Bertz CT molecular complexity index is 3940. The maximum absolute atomic E-state index is 6.50. The molecule has 69 heavy (non-hydrogen) atoms. The zero-order valence-electron chi connectivity index (χ0n) is 37.7. The van der Waals surface area contributed by atoms with Crippen LogP contribution in [0.15, 0.2) is 271 Å². The van der Waals surface area contributed by atoms with Gasteiger partial charge >= 0.3 is 0 Å². The summed E-state index contributed by atoms with van der Waals surface area (Å²) in [4.78, 5) is 2.40. The fourth-order valence-electron chi connectivity index (χ4n) is 10.3. The maximum Gasteiger partial charge on any atom is 0.143 e. The molecule has 0 spiro atoms. The molecule has 0 atom stereocenters. The predicted molar refractivity (Wildman–Crippen MR) is 290 cm³/mol. The van der Waals surface area contributed by atoms with Crippen molar-refractivity contribution in [2.24, 2.45) is 0 Å². The Morgan fingerprint density at radius 2 is 0.768 bits per heavy atom. The summed E-state index contributed by atoms with van der Waals surface area (Å²) in [7, 11) is 0. The van der Waals surface area contributed by atoms with Gasteiger partial charge in [0.2, 0.25) is 0 Å². The highest BCUT2D eigenvalue weighted by atomic mass is 16.3. The van der Waals surface area contributed by atoms with Gasteiger partial charge < -0.3 is 13.9 Å². The smallest absolute Gasteiger partial charge is 0.143 e. The van der Waals surface area contributed by atoms with Gasteiger partial charge in [-0.1, -0.05) is 206 Å². The largest absolute Gasteiger partial charge is 0.455 e. The molecule has 3 nitrogen and oxygen atoms in total. The third-order valence-electron chi connectivity index (χ3n) is 13.6. The zero-order valence-corrected chi connectivity index (χ0v) is 37.7. The van der Waals surface area contributed by atoms with Crippen LogP contribution >= 0.6 is 0 Å². The van der Waals surface area contributed by atoms with Crippen molar-refractivity contribution >= 4 is 60.8 Å². The Morgan fingerprint density at radius 3 is 1.45 bits per heavy atom. The lowest BCUT2D eigenvalue weighted by Crippen LogP contribution is -2.11. The molecule has 11 aromatic carbocycles. The fourth-order valence-corrected chi connectivity index (χ4v) is 10.3. The molecule has 0 aliphatic rings. The molecule has 3 heteroatoms. The standard InChI is InChI=1S/C66H44N2O/c1-3-17-45(18-4-1)49-21-15-22-51(43-49)54-23-7-11-29-61(54)67(53-40-35-48(36-41-53)56-27-16-28-60-59-26-10-14-32-65(59)69-66(56)60)52-38-33-47(34-39-52)55-42-37-50(46-19-5-2-6-20-46)44-64(55)68-62-30-12-8-24-57(62)58-25-9-13-31-63(58)68/h1-44H. The second-order valence-electron chi connectivity index (χ2n) is 17.6. The van der Waals surface area contributed by atoms with E-state index >= 15 is 0 Å². The molecule has 0 N–H and O–H groups in total. The monoisotopic (exact) mass is 880 g/mol. The van der Waals surface area contributed by atoms with Crippen LogP contribution in [-0.4, -0.2) is 4.57 Å². The van der Waals surface area contributed by atoms with Crippen LogP contribution in [0.2, 0.25) is 0 Å². The lowest BCUT2D eigenvalue weighted by molar-refractivity contribution is 0.670. The zero-order chi connectivity index (χ0) is 45.7. The maximum atomic E-state index is 6.50. The molecule has 0 unspecified atom stereocenters.